The third-order valence-electron chi connectivity index (χ3n) is 5.71. The standard InChI is InChI=1S/C23H32F3N3O5/c1-6-21(31)29-11-14(2)19(33-5)12-28(4)22(32)17-8-7-16(9-18(17)34-13-15(29)3)27-20(30)10-23(24,25)26/h7-9,14-15,19H,6,10-13H2,1-5H3,(H,27,30)/t14-,15+,19+/m1/s1. The van der Waals surface area contributed by atoms with Crippen molar-refractivity contribution in [3.63, 3.8) is 0 Å². The number of alkyl halides is 3. The van der Waals surface area contributed by atoms with Crippen LogP contribution in [0, 0.1) is 5.92 Å². The van der Waals surface area contributed by atoms with Crippen molar-refractivity contribution in [2.45, 2.75) is 51.9 Å². The lowest BCUT2D eigenvalue weighted by Gasteiger charge is -2.36. The number of ether oxygens (including phenoxy) is 2. The van der Waals surface area contributed by atoms with Crippen molar-refractivity contribution < 1.29 is 37.0 Å². The number of carbonyl (C=O) groups excluding carboxylic acids is 3. The summed E-state index contributed by atoms with van der Waals surface area (Å²) in [4.78, 5) is 40.6. The molecule has 8 nitrogen and oxygen atoms in total. The highest BCUT2D eigenvalue weighted by Gasteiger charge is 2.32. The number of methoxy groups -OCH3 is 1. The van der Waals surface area contributed by atoms with Crippen LogP contribution in [-0.4, -0.2) is 79.7 Å². The SMILES string of the molecule is CCC(=O)N1C[C@@H](C)[C@@H](OC)CN(C)C(=O)c2ccc(NC(=O)CC(F)(F)F)cc2OC[C@@H]1C. The van der Waals surface area contributed by atoms with E-state index in [0.717, 1.165) is 0 Å². The van der Waals surface area contributed by atoms with Crippen molar-refractivity contribution in [2.75, 3.05) is 39.2 Å². The molecule has 0 bridgehead atoms. The van der Waals surface area contributed by atoms with E-state index in [4.69, 9.17) is 9.47 Å². The Morgan fingerprint density at radius 1 is 1.24 bits per heavy atom. The Balaban J connectivity index is 2.41. The Hall–Kier alpha value is -2.82. The third kappa shape index (κ3) is 7.34. The first kappa shape index (κ1) is 27.4. The van der Waals surface area contributed by atoms with Crippen LogP contribution in [0.3, 0.4) is 0 Å². The fourth-order valence-corrected chi connectivity index (χ4v) is 3.79. The van der Waals surface area contributed by atoms with Gasteiger partial charge >= 0.3 is 6.18 Å². The average Bonchev–Trinajstić information content (AvgIpc) is 2.76. The van der Waals surface area contributed by atoms with Gasteiger partial charge in [-0.15, -0.1) is 0 Å². The number of hydrogen-bond donors (Lipinski definition) is 1. The number of likely N-dealkylation sites (N-methyl/N-ethyl adjacent to an activating group) is 1. The van der Waals surface area contributed by atoms with Crippen molar-refractivity contribution in [3.8, 4) is 5.75 Å². The Morgan fingerprint density at radius 2 is 1.91 bits per heavy atom. The van der Waals surface area contributed by atoms with Gasteiger partial charge in [0.05, 0.1) is 17.7 Å². The van der Waals surface area contributed by atoms with E-state index < -0.39 is 18.5 Å². The van der Waals surface area contributed by atoms with Gasteiger partial charge in [-0.1, -0.05) is 13.8 Å². The Labute approximate surface area is 197 Å². The van der Waals surface area contributed by atoms with Gasteiger partial charge in [0.1, 0.15) is 18.8 Å². The van der Waals surface area contributed by atoms with Gasteiger partial charge in [0.25, 0.3) is 5.91 Å². The van der Waals surface area contributed by atoms with E-state index in [-0.39, 0.29) is 60.0 Å². The fourth-order valence-electron chi connectivity index (χ4n) is 3.79. The number of amides is 3. The van der Waals surface area contributed by atoms with Crippen molar-refractivity contribution in [1.82, 2.24) is 9.80 Å². The number of anilines is 1. The smallest absolute Gasteiger partial charge is 0.397 e. The summed E-state index contributed by atoms with van der Waals surface area (Å²) in [5.74, 6) is -1.63. The lowest BCUT2D eigenvalue weighted by Crippen LogP contribution is -2.48. The molecule has 1 heterocycles. The molecular weight excluding hydrogens is 455 g/mol. The zero-order chi connectivity index (χ0) is 25.6. The number of fused-ring (bicyclic) bond motifs is 1. The first-order valence-corrected chi connectivity index (χ1v) is 11.1. The molecule has 1 aliphatic heterocycles. The van der Waals surface area contributed by atoms with Gasteiger partial charge in [0.15, 0.2) is 0 Å². The van der Waals surface area contributed by atoms with Gasteiger partial charge in [0, 0.05) is 51.3 Å². The predicted octanol–water partition coefficient (Wildman–Crippen LogP) is 3.32. The second kappa shape index (κ2) is 11.5. The van der Waals surface area contributed by atoms with Crippen LogP contribution in [0.5, 0.6) is 5.75 Å². The maximum Gasteiger partial charge on any atom is 0.397 e. The molecule has 0 saturated heterocycles. The van der Waals surface area contributed by atoms with Crippen LogP contribution in [0.1, 0.15) is 44.0 Å². The molecule has 0 saturated carbocycles. The van der Waals surface area contributed by atoms with Crippen LogP contribution in [0.2, 0.25) is 0 Å². The molecule has 0 aliphatic carbocycles. The van der Waals surface area contributed by atoms with E-state index in [1.54, 1.807) is 26.0 Å². The van der Waals surface area contributed by atoms with E-state index >= 15 is 0 Å². The number of hydrogen-bond acceptors (Lipinski definition) is 5. The minimum Gasteiger partial charge on any atom is -0.491 e. The average molecular weight is 488 g/mol. The third-order valence-corrected chi connectivity index (χ3v) is 5.71. The molecule has 3 amide bonds. The summed E-state index contributed by atoms with van der Waals surface area (Å²) in [6.07, 6.45) is -6.30. The molecule has 0 aromatic heterocycles. The molecular formula is C23H32F3N3O5. The van der Waals surface area contributed by atoms with Crippen LogP contribution in [0.4, 0.5) is 18.9 Å². The highest BCUT2D eigenvalue weighted by molar-refractivity contribution is 5.98. The fraction of sp³-hybridized carbons (Fsp3) is 0.609. The van der Waals surface area contributed by atoms with Gasteiger partial charge in [-0.3, -0.25) is 14.4 Å². The number of halogens is 3. The molecule has 1 aromatic rings. The molecule has 0 spiro atoms. The maximum absolute atomic E-state index is 13.1. The quantitative estimate of drug-likeness (QED) is 0.704. The van der Waals surface area contributed by atoms with Crippen molar-refractivity contribution in [2.24, 2.45) is 5.92 Å². The van der Waals surface area contributed by atoms with Gasteiger partial charge in [0.2, 0.25) is 11.8 Å². The van der Waals surface area contributed by atoms with Crippen molar-refractivity contribution in [1.29, 1.82) is 0 Å². The number of nitrogens with zero attached hydrogens (tertiary/aromatic N) is 2. The molecule has 1 aromatic carbocycles. The second-order valence-corrected chi connectivity index (χ2v) is 8.55. The summed E-state index contributed by atoms with van der Waals surface area (Å²) in [5, 5.41) is 2.18. The molecule has 34 heavy (non-hydrogen) atoms. The van der Waals surface area contributed by atoms with Gasteiger partial charge in [-0.05, 0) is 19.1 Å². The summed E-state index contributed by atoms with van der Waals surface area (Å²) in [7, 11) is 3.15. The minimum atomic E-state index is -4.64. The van der Waals surface area contributed by atoms with E-state index in [1.807, 2.05) is 13.8 Å². The zero-order valence-electron chi connectivity index (χ0n) is 20.1. The number of benzene rings is 1. The van der Waals surface area contributed by atoms with Crippen LogP contribution in [0.15, 0.2) is 18.2 Å². The van der Waals surface area contributed by atoms with Crippen molar-refractivity contribution in [3.05, 3.63) is 23.8 Å². The molecule has 190 valence electrons. The monoisotopic (exact) mass is 487 g/mol. The largest absolute Gasteiger partial charge is 0.491 e. The van der Waals surface area contributed by atoms with Gasteiger partial charge in [-0.25, -0.2) is 0 Å². The number of nitrogens with one attached hydrogen (secondary N) is 1. The molecule has 1 aliphatic rings. The van der Waals surface area contributed by atoms with E-state index in [2.05, 4.69) is 5.32 Å². The Bertz CT molecular complexity index is 893. The summed E-state index contributed by atoms with van der Waals surface area (Å²) in [5.41, 5.74) is 0.244. The zero-order valence-corrected chi connectivity index (χ0v) is 20.1. The van der Waals surface area contributed by atoms with Crippen LogP contribution in [0.25, 0.3) is 0 Å². The van der Waals surface area contributed by atoms with Crippen LogP contribution in [-0.2, 0) is 14.3 Å². The molecule has 2 rings (SSSR count). The van der Waals surface area contributed by atoms with Crippen LogP contribution < -0.4 is 10.1 Å². The molecule has 0 fully saturated rings. The van der Waals surface area contributed by atoms with Crippen LogP contribution >= 0.6 is 0 Å². The normalized spacial score (nSPS) is 22.2. The van der Waals surface area contributed by atoms with Gasteiger partial charge in [-0.2, -0.15) is 13.2 Å². The highest BCUT2D eigenvalue weighted by atomic mass is 19.4. The summed E-state index contributed by atoms with van der Waals surface area (Å²) >= 11 is 0. The molecule has 11 heteroatoms. The summed E-state index contributed by atoms with van der Waals surface area (Å²) in [6, 6.07) is 3.71. The summed E-state index contributed by atoms with van der Waals surface area (Å²) < 4.78 is 49.0. The van der Waals surface area contributed by atoms with E-state index in [0.29, 0.717) is 13.0 Å². The number of carbonyl (C=O) groups is 3. The first-order valence-electron chi connectivity index (χ1n) is 11.1. The van der Waals surface area contributed by atoms with Gasteiger partial charge < -0.3 is 24.6 Å². The lowest BCUT2D eigenvalue weighted by atomic mass is 10.0. The lowest BCUT2D eigenvalue weighted by molar-refractivity contribution is -0.150. The Kier molecular flexibility index (Phi) is 9.31. The maximum atomic E-state index is 13.1. The predicted molar refractivity (Wildman–Crippen MR) is 120 cm³/mol. The second-order valence-electron chi connectivity index (χ2n) is 8.55. The molecule has 1 N–H and O–H groups in total. The number of rotatable bonds is 4. The first-order chi connectivity index (χ1) is 15.9. The van der Waals surface area contributed by atoms with E-state index in [9.17, 15) is 27.6 Å². The minimum absolute atomic E-state index is 0.0417. The van der Waals surface area contributed by atoms with E-state index in [1.165, 1.54) is 23.1 Å². The summed E-state index contributed by atoms with van der Waals surface area (Å²) in [6.45, 7) is 6.23. The molecule has 0 unspecified atom stereocenters. The van der Waals surface area contributed by atoms with Crippen molar-refractivity contribution >= 4 is 23.4 Å². The highest BCUT2D eigenvalue weighted by Crippen LogP contribution is 2.28. The molecule has 3 atom stereocenters. The Morgan fingerprint density at radius 3 is 2.50 bits per heavy atom. The topological polar surface area (TPSA) is 88.2 Å². The molecule has 0 radical (unpaired) electrons.